The van der Waals surface area contributed by atoms with Crippen LogP contribution in [0.25, 0.3) is 11.1 Å². The van der Waals surface area contributed by atoms with Gasteiger partial charge < -0.3 is 14.1 Å². The normalized spacial score (nSPS) is 13.0. The van der Waals surface area contributed by atoms with Crippen LogP contribution in [-0.4, -0.2) is 30.0 Å². The maximum atomic E-state index is 12.3. The molecule has 0 atom stereocenters. The van der Waals surface area contributed by atoms with Crippen LogP contribution < -0.4 is 4.90 Å². The van der Waals surface area contributed by atoms with Gasteiger partial charge in [-0.25, -0.2) is 4.98 Å². The monoisotopic (exact) mass is 350 g/mol. The number of amides is 1. The van der Waals surface area contributed by atoms with Crippen molar-refractivity contribution in [2.45, 2.75) is 19.3 Å². The van der Waals surface area contributed by atoms with Crippen molar-refractivity contribution in [2.75, 3.05) is 18.1 Å². The number of rotatable bonds is 5. The zero-order valence-corrected chi connectivity index (χ0v) is 14.2. The second-order valence-corrected chi connectivity index (χ2v) is 6.16. The van der Waals surface area contributed by atoms with E-state index >= 15 is 0 Å². The number of ether oxygens (including phenoxy) is 1. The molecule has 0 spiro atoms. The highest BCUT2D eigenvalue weighted by molar-refractivity contribution is 5.97. The second-order valence-electron chi connectivity index (χ2n) is 6.16. The lowest BCUT2D eigenvalue weighted by molar-refractivity contribution is -0.147. The zero-order valence-electron chi connectivity index (χ0n) is 14.2. The zero-order chi connectivity index (χ0) is 17.9. The Hall–Kier alpha value is -3.15. The highest BCUT2D eigenvalue weighted by Crippen LogP contribution is 2.27. The van der Waals surface area contributed by atoms with E-state index in [1.54, 1.807) is 4.90 Å². The molecule has 1 amide bonds. The first-order valence-electron chi connectivity index (χ1n) is 8.59. The molecule has 26 heavy (non-hydrogen) atoms. The van der Waals surface area contributed by atoms with Crippen molar-refractivity contribution in [1.29, 1.82) is 0 Å². The Kier molecular flexibility index (Phi) is 4.39. The van der Waals surface area contributed by atoms with E-state index in [4.69, 9.17) is 9.15 Å². The molecule has 1 aromatic heterocycles. The molecule has 0 saturated heterocycles. The van der Waals surface area contributed by atoms with Gasteiger partial charge in [0.25, 0.3) is 5.91 Å². The van der Waals surface area contributed by atoms with Gasteiger partial charge in [0.15, 0.2) is 18.1 Å². The molecule has 0 saturated carbocycles. The van der Waals surface area contributed by atoms with Gasteiger partial charge in [-0.15, -0.1) is 0 Å². The first kappa shape index (κ1) is 16.3. The Morgan fingerprint density at radius 1 is 1.12 bits per heavy atom. The predicted molar refractivity (Wildman–Crippen MR) is 95.8 cm³/mol. The van der Waals surface area contributed by atoms with E-state index in [1.807, 2.05) is 48.5 Å². The van der Waals surface area contributed by atoms with Gasteiger partial charge in [0, 0.05) is 18.7 Å². The molecule has 3 aromatic rings. The average Bonchev–Trinajstić information content (AvgIpc) is 3.28. The smallest absolute Gasteiger partial charge is 0.306 e. The van der Waals surface area contributed by atoms with Gasteiger partial charge in [0.05, 0.1) is 6.42 Å². The van der Waals surface area contributed by atoms with E-state index in [0.717, 1.165) is 23.2 Å². The Morgan fingerprint density at radius 2 is 1.92 bits per heavy atom. The van der Waals surface area contributed by atoms with E-state index < -0.39 is 5.97 Å². The molecule has 6 heteroatoms. The van der Waals surface area contributed by atoms with Crippen LogP contribution >= 0.6 is 0 Å². The number of para-hydroxylation sites is 3. The summed E-state index contributed by atoms with van der Waals surface area (Å²) in [5.41, 5.74) is 3.50. The number of oxazole rings is 1. The molecule has 0 unspecified atom stereocenters. The van der Waals surface area contributed by atoms with Crippen molar-refractivity contribution < 1.29 is 18.7 Å². The van der Waals surface area contributed by atoms with E-state index in [9.17, 15) is 9.59 Å². The molecule has 0 aliphatic carbocycles. The van der Waals surface area contributed by atoms with Gasteiger partial charge in [-0.1, -0.05) is 30.3 Å². The lowest BCUT2D eigenvalue weighted by Gasteiger charge is -2.17. The third-order valence-corrected chi connectivity index (χ3v) is 4.43. The fourth-order valence-electron chi connectivity index (χ4n) is 3.13. The number of carbonyl (C=O) groups excluding carboxylic acids is 2. The van der Waals surface area contributed by atoms with Crippen molar-refractivity contribution in [3.63, 3.8) is 0 Å². The van der Waals surface area contributed by atoms with Crippen LogP contribution in [0.3, 0.4) is 0 Å². The molecule has 6 nitrogen and oxygen atoms in total. The largest absolute Gasteiger partial charge is 0.456 e. The highest BCUT2D eigenvalue weighted by Gasteiger charge is 2.24. The van der Waals surface area contributed by atoms with Gasteiger partial charge >= 0.3 is 5.97 Å². The predicted octanol–water partition coefficient (Wildman–Crippen LogP) is 2.89. The van der Waals surface area contributed by atoms with Crippen LogP contribution in [0.1, 0.15) is 17.9 Å². The molecular weight excluding hydrogens is 332 g/mol. The lowest BCUT2D eigenvalue weighted by atomic mass is 10.2. The first-order valence-corrected chi connectivity index (χ1v) is 8.59. The van der Waals surface area contributed by atoms with Gasteiger partial charge in [0.2, 0.25) is 0 Å². The molecule has 0 fully saturated rings. The van der Waals surface area contributed by atoms with Crippen LogP contribution in [0.2, 0.25) is 0 Å². The number of benzene rings is 2. The summed E-state index contributed by atoms with van der Waals surface area (Å²) in [6.07, 6.45) is 1.29. The Bertz CT molecular complexity index is 930. The van der Waals surface area contributed by atoms with Gasteiger partial charge in [-0.05, 0) is 30.2 Å². The van der Waals surface area contributed by atoms with Gasteiger partial charge in [-0.3, -0.25) is 9.59 Å². The van der Waals surface area contributed by atoms with E-state index in [1.165, 1.54) is 0 Å². The maximum absolute atomic E-state index is 12.3. The molecule has 0 N–H and O–H groups in total. The summed E-state index contributed by atoms with van der Waals surface area (Å²) in [7, 11) is 0. The van der Waals surface area contributed by atoms with Crippen LogP contribution in [0, 0.1) is 0 Å². The number of anilines is 1. The van der Waals surface area contributed by atoms with Crippen LogP contribution in [0.5, 0.6) is 0 Å². The van der Waals surface area contributed by atoms with Crippen molar-refractivity contribution >= 4 is 28.7 Å². The number of esters is 1. The fraction of sp³-hybridized carbons (Fsp3) is 0.250. The summed E-state index contributed by atoms with van der Waals surface area (Å²) in [5.74, 6) is -0.152. The van der Waals surface area contributed by atoms with Crippen LogP contribution in [-0.2, 0) is 27.2 Å². The Labute approximate surface area is 150 Å². The van der Waals surface area contributed by atoms with E-state index in [-0.39, 0.29) is 18.9 Å². The number of fused-ring (bicyclic) bond motifs is 2. The van der Waals surface area contributed by atoms with E-state index in [0.29, 0.717) is 24.4 Å². The van der Waals surface area contributed by atoms with Crippen molar-refractivity contribution in [2.24, 2.45) is 0 Å². The van der Waals surface area contributed by atoms with Crippen LogP contribution in [0.15, 0.2) is 52.9 Å². The number of aryl methyl sites for hydroxylation is 1. The summed E-state index contributed by atoms with van der Waals surface area (Å²) in [6, 6.07) is 15.2. The van der Waals surface area contributed by atoms with Crippen molar-refractivity contribution in [3.05, 3.63) is 60.0 Å². The summed E-state index contributed by atoms with van der Waals surface area (Å²) in [5, 5.41) is 0. The molecule has 2 aromatic carbocycles. The number of aromatic nitrogens is 1. The van der Waals surface area contributed by atoms with Gasteiger partial charge in [-0.2, -0.15) is 0 Å². The number of carbonyl (C=O) groups is 2. The minimum absolute atomic E-state index is 0.122. The highest BCUT2D eigenvalue weighted by atomic mass is 16.5. The summed E-state index contributed by atoms with van der Waals surface area (Å²) in [4.78, 5) is 30.2. The minimum atomic E-state index is -0.437. The Morgan fingerprint density at radius 3 is 2.81 bits per heavy atom. The molecule has 0 radical (unpaired) electrons. The molecular formula is C20H18N2O4. The summed E-state index contributed by atoms with van der Waals surface area (Å²) >= 11 is 0. The SMILES string of the molecule is O=C(CCc1nc2ccccc2o1)OCC(=O)N1CCc2ccccc21. The lowest BCUT2D eigenvalue weighted by Crippen LogP contribution is -2.33. The minimum Gasteiger partial charge on any atom is -0.456 e. The quantitative estimate of drug-likeness (QED) is 0.662. The topological polar surface area (TPSA) is 72.6 Å². The maximum Gasteiger partial charge on any atom is 0.306 e. The third-order valence-electron chi connectivity index (χ3n) is 4.43. The molecule has 132 valence electrons. The average molecular weight is 350 g/mol. The number of nitrogens with zero attached hydrogens (tertiary/aromatic N) is 2. The van der Waals surface area contributed by atoms with Crippen molar-refractivity contribution in [3.8, 4) is 0 Å². The Balaban J connectivity index is 1.28. The number of hydrogen-bond acceptors (Lipinski definition) is 5. The third kappa shape index (κ3) is 3.31. The first-order chi connectivity index (χ1) is 12.7. The van der Waals surface area contributed by atoms with Gasteiger partial charge in [0.1, 0.15) is 5.52 Å². The summed E-state index contributed by atoms with van der Waals surface area (Å²) in [6.45, 7) is 0.374. The fourth-order valence-corrected chi connectivity index (χ4v) is 3.13. The summed E-state index contributed by atoms with van der Waals surface area (Å²) < 4.78 is 10.7. The number of hydrogen-bond donors (Lipinski definition) is 0. The van der Waals surface area contributed by atoms with Crippen molar-refractivity contribution in [1.82, 2.24) is 4.98 Å². The molecule has 1 aliphatic rings. The molecule has 4 rings (SSSR count). The molecule has 0 bridgehead atoms. The van der Waals surface area contributed by atoms with E-state index in [2.05, 4.69) is 4.98 Å². The molecule has 2 heterocycles. The molecule has 1 aliphatic heterocycles. The standard InChI is InChI=1S/C20H18N2O4/c23-19(22-12-11-14-5-1-3-7-16(14)22)13-25-20(24)10-9-18-21-15-6-2-4-8-17(15)26-18/h1-8H,9-13H2. The second kappa shape index (κ2) is 7.00. The van der Waals surface area contributed by atoms with Crippen LogP contribution in [0.4, 0.5) is 5.69 Å².